The van der Waals surface area contributed by atoms with E-state index in [-0.39, 0.29) is 6.04 Å². The molecule has 74 valence electrons. The Balaban J connectivity index is 2.05. The molecule has 1 N–H and O–H groups in total. The zero-order valence-corrected chi connectivity index (χ0v) is 9.92. The zero-order valence-electron chi connectivity index (χ0n) is 7.53. The summed E-state index contributed by atoms with van der Waals surface area (Å²) in [6, 6.07) is 4.44. The molecule has 1 atom stereocenters. The molecule has 0 saturated heterocycles. The SMILES string of the molecule is CC(Nc1csc(Cl)n1)c1cccs1. The van der Waals surface area contributed by atoms with Gasteiger partial charge in [0, 0.05) is 10.3 Å². The topological polar surface area (TPSA) is 24.9 Å². The monoisotopic (exact) mass is 244 g/mol. The molecule has 0 aromatic carbocycles. The van der Waals surface area contributed by atoms with Crippen LogP contribution in [0.1, 0.15) is 17.8 Å². The Morgan fingerprint density at radius 2 is 2.36 bits per heavy atom. The van der Waals surface area contributed by atoms with Crippen LogP contribution in [0.15, 0.2) is 22.9 Å². The fourth-order valence-corrected chi connectivity index (χ4v) is 2.59. The van der Waals surface area contributed by atoms with Crippen molar-refractivity contribution in [2.75, 3.05) is 5.32 Å². The number of anilines is 1. The lowest BCUT2D eigenvalue weighted by atomic mass is 10.3. The summed E-state index contributed by atoms with van der Waals surface area (Å²) in [7, 11) is 0. The van der Waals surface area contributed by atoms with Crippen molar-refractivity contribution in [1.29, 1.82) is 0 Å². The third-order valence-electron chi connectivity index (χ3n) is 1.81. The van der Waals surface area contributed by atoms with E-state index in [1.807, 2.05) is 11.4 Å². The van der Waals surface area contributed by atoms with E-state index in [9.17, 15) is 0 Å². The van der Waals surface area contributed by atoms with Gasteiger partial charge in [-0.2, -0.15) is 0 Å². The van der Waals surface area contributed by atoms with E-state index in [0.29, 0.717) is 4.47 Å². The highest BCUT2D eigenvalue weighted by molar-refractivity contribution is 7.14. The molecule has 2 aromatic heterocycles. The standard InChI is InChI=1S/C9H9ClN2S2/c1-6(7-3-2-4-13-7)11-8-5-14-9(10)12-8/h2-6,11H,1H3. The number of thiophene rings is 1. The van der Waals surface area contributed by atoms with E-state index >= 15 is 0 Å². The van der Waals surface area contributed by atoms with E-state index in [4.69, 9.17) is 11.6 Å². The summed E-state index contributed by atoms with van der Waals surface area (Å²) in [6.45, 7) is 2.11. The number of thiazole rings is 1. The smallest absolute Gasteiger partial charge is 0.185 e. The van der Waals surface area contributed by atoms with Gasteiger partial charge in [-0.15, -0.1) is 22.7 Å². The first-order chi connectivity index (χ1) is 6.75. The lowest BCUT2D eigenvalue weighted by Gasteiger charge is -2.10. The van der Waals surface area contributed by atoms with Gasteiger partial charge in [0.05, 0.1) is 6.04 Å². The summed E-state index contributed by atoms with van der Waals surface area (Å²) in [5.41, 5.74) is 0. The van der Waals surface area contributed by atoms with Crippen molar-refractivity contribution >= 4 is 40.1 Å². The number of rotatable bonds is 3. The van der Waals surface area contributed by atoms with Crippen molar-refractivity contribution in [3.05, 3.63) is 32.2 Å². The largest absolute Gasteiger partial charge is 0.362 e. The molecule has 0 spiro atoms. The molecular weight excluding hydrogens is 236 g/mol. The number of halogens is 1. The van der Waals surface area contributed by atoms with E-state index in [1.54, 1.807) is 11.3 Å². The predicted octanol–water partition coefficient (Wildman–Crippen LogP) is 4.03. The van der Waals surface area contributed by atoms with Crippen LogP contribution in [0.5, 0.6) is 0 Å². The van der Waals surface area contributed by atoms with Gasteiger partial charge in [0.1, 0.15) is 5.82 Å². The molecule has 0 bridgehead atoms. The lowest BCUT2D eigenvalue weighted by molar-refractivity contribution is 0.900. The maximum atomic E-state index is 5.74. The number of nitrogens with zero attached hydrogens (tertiary/aromatic N) is 1. The molecule has 2 nitrogen and oxygen atoms in total. The highest BCUT2D eigenvalue weighted by Crippen LogP contribution is 2.25. The minimum atomic E-state index is 0.285. The highest BCUT2D eigenvalue weighted by atomic mass is 35.5. The molecule has 0 radical (unpaired) electrons. The summed E-state index contributed by atoms with van der Waals surface area (Å²) in [4.78, 5) is 5.44. The number of nitrogens with one attached hydrogen (secondary N) is 1. The van der Waals surface area contributed by atoms with Crippen LogP contribution in [0.2, 0.25) is 4.47 Å². The first-order valence-corrected chi connectivity index (χ1v) is 6.30. The molecule has 0 saturated carbocycles. The second-order valence-corrected chi connectivity index (χ2v) is 5.29. The van der Waals surface area contributed by atoms with Crippen LogP contribution in [-0.2, 0) is 0 Å². The van der Waals surface area contributed by atoms with Crippen LogP contribution >= 0.6 is 34.3 Å². The Hall–Kier alpha value is -0.580. The van der Waals surface area contributed by atoms with Crippen LogP contribution in [-0.4, -0.2) is 4.98 Å². The fraction of sp³-hybridized carbons (Fsp3) is 0.222. The van der Waals surface area contributed by atoms with Gasteiger partial charge in [0.25, 0.3) is 0 Å². The van der Waals surface area contributed by atoms with Gasteiger partial charge < -0.3 is 5.32 Å². The van der Waals surface area contributed by atoms with Crippen molar-refractivity contribution in [2.24, 2.45) is 0 Å². The molecule has 5 heteroatoms. The van der Waals surface area contributed by atoms with Gasteiger partial charge in [-0.1, -0.05) is 17.7 Å². The summed E-state index contributed by atoms with van der Waals surface area (Å²) < 4.78 is 0.575. The summed E-state index contributed by atoms with van der Waals surface area (Å²) in [6.07, 6.45) is 0. The van der Waals surface area contributed by atoms with Crippen LogP contribution in [0.4, 0.5) is 5.82 Å². The van der Waals surface area contributed by atoms with Gasteiger partial charge in [-0.05, 0) is 18.4 Å². The van der Waals surface area contributed by atoms with E-state index < -0.39 is 0 Å². The van der Waals surface area contributed by atoms with E-state index in [2.05, 4.69) is 28.7 Å². The van der Waals surface area contributed by atoms with Crippen molar-refractivity contribution in [1.82, 2.24) is 4.98 Å². The van der Waals surface area contributed by atoms with Crippen molar-refractivity contribution < 1.29 is 0 Å². The quantitative estimate of drug-likeness (QED) is 0.882. The van der Waals surface area contributed by atoms with Crippen molar-refractivity contribution in [3.8, 4) is 0 Å². The normalized spacial score (nSPS) is 12.7. The Bertz CT molecular complexity index is 397. The molecule has 0 aliphatic heterocycles. The van der Waals surface area contributed by atoms with Gasteiger partial charge in [-0.3, -0.25) is 0 Å². The van der Waals surface area contributed by atoms with Gasteiger partial charge in [-0.25, -0.2) is 4.98 Å². The Kier molecular flexibility index (Phi) is 3.05. The third-order valence-corrected chi connectivity index (χ3v) is 3.84. The second-order valence-electron chi connectivity index (χ2n) is 2.87. The average Bonchev–Trinajstić information content (AvgIpc) is 2.75. The van der Waals surface area contributed by atoms with Crippen LogP contribution in [0.3, 0.4) is 0 Å². The van der Waals surface area contributed by atoms with Crippen LogP contribution in [0.25, 0.3) is 0 Å². The molecule has 2 rings (SSSR count). The van der Waals surface area contributed by atoms with Gasteiger partial charge in [0.2, 0.25) is 0 Å². The molecule has 0 aliphatic rings. The minimum absolute atomic E-state index is 0.285. The first-order valence-electron chi connectivity index (χ1n) is 4.16. The summed E-state index contributed by atoms with van der Waals surface area (Å²) >= 11 is 8.91. The van der Waals surface area contributed by atoms with Crippen molar-refractivity contribution in [3.63, 3.8) is 0 Å². The Morgan fingerprint density at radius 1 is 1.50 bits per heavy atom. The van der Waals surface area contributed by atoms with E-state index in [0.717, 1.165) is 5.82 Å². The highest BCUT2D eigenvalue weighted by Gasteiger charge is 2.07. The number of hydrogen-bond acceptors (Lipinski definition) is 4. The van der Waals surface area contributed by atoms with Gasteiger partial charge >= 0.3 is 0 Å². The average molecular weight is 245 g/mol. The Morgan fingerprint density at radius 3 is 2.93 bits per heavy atom. The predicted molar refractivity (Wildman–Crippen MR) is 63.5 cm³/mol. The lowest BCUT2D eigenvalue weighted by Crippen LogP contribution is -2.04. The van der Waals surface area contributed by atoms with Crippen LogP contribution < -0.4 is 5.32 Å². The molecule has 2 heterocycles. The second kappa shape index (κ2) is 4.29. The number of hydrogen-bond donors (Lipinski definition) is 1. The first kappa shape index (κ1) is 9.96. The minimum Gasteiger partial charge on any atom is -0.362 e. The van der Waals surface area contributed by atoms with E-state index in [1.165, 1.54) is 16.2 Å². The molecule has 0 fully saturated rings. The fourth-order valence-electron chi connectivity index (χ4n) is 1.15. The maximum Gasteiger partial charge on any atom is 0.185 e. The summed E-state index contributed by atoms with van der Waals surface area (Å²) in [5.74, 6) is 0.848. The van der Waals surface area contributed by atoms with Crippen LogP contribution in [0, 0.1) is 0 Å². The maximum absolute atomic E-state index is 5.74. The molecular formula is C9H9ClN2S2. The molecule has 0 amide bonds. The number of aromatic nitrogens is 1. The molecule has 14 heavy (non-hydrogen) atoms. The molecule has 0 aliphatic carbocycles. The summed E-state index contributed by atoms with van der Waals surface area (Å²) in [5, 5.41) is 7.28. The third kappa shape index (κ3) is 2.26. The van der Waals surface area contributed by atoms with Crippen molar-refractivity contribution in [2.45, 2.75) is 13.0 Å². The Labute approximate surface area is 95.6 Å². The van der Waals surface area contributed by atoms with Gasteiger partial charge in [0.15, 0.2) is 4.47 Å². The molecule has 2 aromatic rings. The zero-order chi connectivity index (χ0) is 9.97. The molecule has 1 unspecified atom stereocenters.